The highest BCUT2D eigenvalue weighted by Gasteiger charge is 2.22. The molecule has 0 spiro atoms. The fourth-order valence-electron chi connectivity index (χ4n) is 2.21. The van der Waals surface area contributed by atoms with Crippen molar-refractivity contribution in [2.45, 2.75) is 38.0 Å². The van der Waals surface area contributed by atoms with Crippen molar-refractivity contribution in [1.29, 1.82) is 0 Å². The van der Waals surface area contributed by atoms with Crippen LogP contribution < -0.4 is 10.1 Å². The van der Waals surface area contributed by atoms with Crippen LogP contribution in [0.25, 0.3) is 0 Å². The van der Waals surface area contributed by atoms with Gasteiger partial charge in [0.1, 0.15) is 5.75 Å². The Labute approximate surface area is 118 Å². The summed E-state index contributed by atoms with van der Waals surface area (Å²) in [5, 5.41) is 4.97. The van der Waals surface area contributed by atoms with E-state index in [0.717, 1.165) is 16.5 Å². The fraction of sp³-hybridized carbons (Fsp3) is 0.571. The predicted molar refractivity (Wildman–Crippen MR) is 81.2 cm³/mol. The summed E-state index contributed by atoms with van der Waals surface area (Å²) in [5.41, 5.74) is 1.02. The Kier molecular flexibility index (Phi) is 5.07. The highest BCUT2D eigenvalue weighted by molar-refractivity contribution is 8.00. The van der Waals surface area contributed by atoms with Crippen LogP contribution in [0.4, 0.5) is 5.69 Å². The molecule has 2 atom stereocenters. The second-order valence-electron chi connectivity index (χ2n) is 4.54. The van der Waals surface area contributed by atoms with Crippen LogP contribution in [-0.4, -0.2) is 23.7 Å². The van der Waals surface area contributed by atoms with Crippen molar-refractivity contribution in [2.24, 2.45) is 0 Å². The lowest BCUT2D eigenvalue weighted by Gasteiger charge is -2.30. The van der Waals surface area contributed by atoms with E-state index in [-0.39, 0.29) is 0 Å². The van der Waals surface area contributed by atoms with E-state index in [1.807, 2.05) is 36.9 Å². The Morgan fingerprint density at radius 3 is 3.06 bits per heavy atom. The molecule has 1 fully saturated rings. The third-order valence-electron chi connectivity index (χ3n) is 3.19. The number of thioether (sulfide) groups is 1. The van der Waals surface area contributed by atoms with Gasteiger partial charge in [0.25, 0.3) is 0 Å². The second kappa shape index (κ2) is 6.58. The summed E-state index contributed by atoms with van der Waals surface area (Å²) in [6, 6.07) is 6.27. The number of benzene rings is 1. The third-order valence-corrected chi connectivity index (χ3v) is 4.80. The summed E-state index contributed by atoms with van der Waals surface area (Å²) in [4.78, 5) is 0. The Hall–Kier alpha value is -0.540. The van der Waals surface area contributed by atoms with Gasteiger partial charge in [0.2, 0.25) is 0 Å². The highest BCUT2D eigenvalue weighted by atomic mass is 35.5. The number of ether oxygens (including phenoxy) is 1. The lowest BCUT2D eigenvalue weighted by molar-refractivity contribution is 0.341. The molecule has 2 nitrogen and oxygen atoms in total. The Morgan fingerprint density at radius 2 is 2.33 bits per heavy atom. The van der Waals surface area contributed by atoms with Crippen LogP contribution >= 0.6 is 23.4 Å². The van der Waals surface area contributed by atoms with E-state index in [1.54, 1.807) is 0 Å². The molecule has 0 saturated carbocycles. The molecule has 0 bridgehead atoms. The highest BCUT2D eigenvalue weighted by Crippen LogP contribution is 2.33. The van der Waals surface area contributed by atoms with Crippen molar-refractivity contribution >= 4 is 29.1 Å². The van der Waals surface area contributed by atoms with E-state index in [4.69, 9.17) is 16.3 Å². The summed E-state index contributed by atoms with van der Waals surface area (Å²) in [5.74, 6) is 2.16. The smallest absolute Gasteiger partial charge is 0.142 e. The van der Waals surface area contributed by atoms with Crippen molar-refractivity contribution in [3.8, 4) is 5.75 Å². The summed E-state index contributed by atoms with van der Waals surface area (Å²) in [6.45, 7) is 4.95. The first-order chi connectivity index (χ1) is 8.70. The van der Waals surface area contributed by atoms with E-state index in [1.165, 1.54) is 18.6 Å². The lowest BCUT2D eigenvalue weighted by atomic mass is 10.1. The van der Waals surface area contributed by atoms with Crippen LogP contribution in [0.5, 0.6) is 5.75 Å². The molecule has 1 heterocycles. The van der Waals surface area contributed by atoms with Gasteiger partial charge in [-0.05, 0) is 43.7 Å². The first kappa shape index (κ1) is 13.9. The van der Waals surface area contributed by atoms with Crippen LogP contribution in [0.3, 0.4) is 0 Å². The number of halogens is 1. The Bertz CT molecular complexity index is 399. The van der Waals surface area contributed by atoms with E-state index >= 15 is 0 Å². The van der Waals surface area contributed by atoms with Crippen molar-refractivity contribution in [3.63, 3.8) is 0 Å². The maximum atomic E-state index is 6.07. The molecule has 0 amide bonds. The number of hydrogen-bond donors (Lipinski definition) is 1. The maximum absolute atomic E-state index is 6.07. The van der Waals surface area contributed by atoms with Crippen molar-refractivity contribution in [3.05, 3.63) is 23.2 Å². The molecule has 100 valence electrons. The van der Waals surface area contributed by atoms with Gasteiger partial charge in [-0.25, -0.2) is 0 Å². The quantitative estimate of drug-likeness (QED) is 0.884. The van der Waals surface area contributed by atoms with Gasteiger partial charge in [-0.3, -0.25) is 0 Å². The van der Waals surface area contributed by atoms with Gasteiger partial charge in [-0.1, -0.05) is 18.5 Å². The molecule has 0 aliphatic carbocycles. The fourth-order valence-corrected chi connectivity index (χ4v) is 3.52. The van der Waals surface area contributed by atoms with Gasteiger partial charge in [-0.2, -0.15) is 11.8 Å². The number of rotatable bonds is 4. The minimum atomic E-state index is 0.501. The third kappa shape index (κ3) is 3.48. The van der Waals surface area contributed by atoms with E-state index in [9.17, 15) is 0 Å². The zero-order valence-electron chi connectivity index (χ0n) is 10.9. The van der Waals surface area contributed by atoms with Gasteiger partial charge >= 0.3 is 0 Å². The van der Waals surface area contributed by atoms with E-state index in [0.29, 0.717) is 17.9 Å². The average Bonchev–Trinajstić information content (AvgIpc) is 2.36. The topological polar surface area (TPSA) is 21.3 Å². The molecule has 1 aromatic rings. The molecule has 1 saturated heterocycles. The molecule has 1 aliphatic rings. The Morgan fingerprint density at radius 1 is 1.50 bits per heavy atom. The molecule has 1 N–H and O–H groups in total. The molecule has 4 heteroatoms. The minimum Gasteiger partial charge on any atom is -0.492 e. The molecular weight excluding hydrogens is 266 g/mol. The monoisotopic (exact) mass is 285 g/mol. The van der Waals surface area contributed by atoms with Gasteiger partial charge in [0, 0.05) is 16.3 Å². The molecule has 1 aliphatic heterocycles. The largest absolute Gasteiger partial charge is 0.492 e. The number of hydrogen-bond acceptors (Lipinski definition) is 3. The predicted octanol–water partition coefficient (Wildman–Crippen LogP) is 4.43. The Balaban J connectivity index is 2.13. The zero-order chi connectivity index (χ0) is 13.0. The minimum absolute atomic E-state index is 0.501. The number of nitrogens with one attached hydrogen (secondary N) is 1. The van der Waals surface area contributed by atoms with E-state index in [2.05, 4.69) is 12.2 Å². The normalized spacial score (nSPS) is 23.7. The molecule has 0 radical (unpaired) electrons. The van der Waals surface area contributed by atoms with Crippen LogP contribution in [0.1, 0.15) is 26.7 Å². The number of anilines is 1. The molecule has 2 unspecified atom stereocenters. The van der Waals surface area contributed by atoms with Gasteiger partial charge < -0.3 is 10.1 Å². The summed E-state index contributed by atoms with van der Waals surface area (Å²) < 4.78 is 5.64. The molecule has 0 aromatic heterocycles. The van der Waals surface area contributed by atoms with Crippen LogP contribution in [0, 0.1) is 0 Å². The standard InChI is InChI=1S/C14H20ClNOS/c1-3-17-14-7-6-11(15)9-13(14)16-12-5-4-8-18-10(12)2/h6-7,9-10,12,16H,3-5,8H2,1-2H3. The lowest BCUT2D eigenvalue weighted by Crippen LogP contribution is -2.32. The van der Waals surface area contributed by atoms with Gasteiger partial charge in [-0.15, -0.1) is 0 Å². The average molecular weight is 286 g/mol. The summed E-state index contributed by atoms with van der Waals surface area (Å²) in [7, 11) is 0. The first-order valence-electron chi connectivity index (χ1n) is 6.51. The van der Waals surface area contributed by atoms with Gasteiger partial charge in [0.15, 0.2) is 0 Å². The zero-order valence-corrected chi connectivity index (χ0v) is 12.5. The molecular formula is C14H20ClNOS. The van der Waals surface area contributed by atoms with Crippen LogP contribution in [-0.2, 0) is 0 Å². The molecule has 18 heavy (non-hydrogen) atoms. The second-order valence-corrected chi connectivity index (χ2v) is 6.46. The summed E-state index contributed by atoms with van der Waals surface area (Å²) >= 11 is 8.10. The summed E-state index contributed by atoms with van der Waals surface area (Å²) in [6.07, 6.45) is 2.49. The van der Waals surface area contributed by atoms with Crippen LogP contribution in [0.2, 0.25) is 5.02 Å². The molecule has 1 aromatic carbocycles. The van der Waals surface area contributed by atoms with Crippen molar-refractivity contribution < 1.29 is 4.74 Å². The maximum Gasteiger partial charge on any atom is 0.142 e. The van der Waals surface area contributed by atoms with Gasteiger partial charge in [0.05, 0.1) is 12.3 Å². The molecule has 2 rings (SSSR count). The van der Waals surface area contributed by atoms with Crippen molar-refractivity contribution in [2.75, 3.05) is 17.7 Å². The first-order valence-corrected chi connectivity index (χ1v) is 7.94. The SMILES string of the molecule is CCOc1ccc(Cl)cc1NC1CCCSC1C. The van der Waals surface area contributed by atoms with Crippen molar-refractivity contribution in [1.82, 2.24) is 0 Å². The van der Waals surface area contributed by atoms with E-state index < -0.39 is 0 Å². The van der Waals surface area contributed by atoms with Crippen LogP contribution in [0.15, 0.2) is 18.2 Å².